The Bertz CT molecular complexity index is 1170. The van der Waals surface area contributed by atoms with Crippen LogP contribution in [0.25, 0.3) is 11.6 Å². The Hall–Kier alpha value is -3.34. The smallest absolute Gasteiger partial charge is 0.257 e. The summed E-state index contributed by atoms with van der Waals surface area (Å²) in [6.07, 6.45) is 6.09. The Kier molecular flexibility index (Phi) is 7.07. The normalized spacial score (nSPS) is 11.1. The number of nitrogens with zero attached hydrogens (tertiary/aromatic N) is 4. The van der Waals surface area contributed by atoms with Gasteiger partial charge in [0.2, 0.25) is 0 Å². The highest BCUT2D eigenvalue weighted by Gasteiger charge is 2.13. The molecule has 0 aromatic carbocycles. The molecule has 3 aromatic rings. The van der Waals surface area contributed by atoms with E-state index in [-0.39, 0.29) is 23.6 Å². The van der Waals surface area contributed by atoms with Crippen molar-refractivity contribution < 1.29 is 9.47 Å². The number of methoxy groups -OCH3 is 1. The number of halogens is 2. The standard InChI is InChI=1S/C21H16Cl2N4O3/c1-29-19-6-5-18(14(11-24)10-15-16(22)12-25-13-17(15)23)26-21(19)30-9-8-27-7-3-2-4-20(27)28/h2-7,10,12-13H,8-9H2,1H3. The van der Waals surface area contributed by atoms with Crippen LogP contribution < -0.4 is 15.0 Å². The van der Waals surface area contributed by atoms with E-state index in [2.05, 4.69) is 16.0 Å². The summed E-state index contributed by atoms with van der Waals surface area (Å²) >= 11 is 12.3. The second-order valence-corrected chi connectivity index (χ2v) is 6.79. The second-order valence-electron chi connectivity index (χ2n) is 5.97. The number of ether oxygens (including phenoxy) is 2. The van der Waals surface area contributed by atoms with Gasteiger partial charge in [-0.15, -0.1) is 0 Å². The van der Waals surface area contributed by atoms with Gasteiger partial charge in [-0.3, -0.25) is 9.78 Å². The van der Waals surface area contributed by atoms with Gasteiger partial charge < -0.3 is 14.0 Å². The monoisotopic (exact) mass is 442 g/mol. The average Bonchev–Trinajstić information content (AvgIpc) is 2.75. The van der Waals surface area contributed by atoms with Crippen molar-refractivity contribution in [2.45, 2.75) is 6.54 Å². The summed E-state index contributed by atoms with van der Waals surface area (Å²) in [7, 11) is 1.49. The molecule has 0 amide bonds. The molecule has 0 aliphatic heterocycles. The lowest BCUT2D eigenvalue weighted by atomic mass is 10.1. The number of allylic oxidation sites excluding steroid dienone is 1. The van der Waals surface area contributed by atoms with Crippen LogP contribution in [0.2, 0.25) is 10.0 Å². The van der Waals surface area contributed by atoms with Gasteiger partial charge in [-0.05, 0) is 24.3 Å². The molecule has 0 N–H and O–H groups in total. The molecule has 7 nitrogen and oxygen atoms in total. The zero-order valence-corrected chi connectivity index (χ0v) is 17.4. The summed E-state index contributed by atoms with van der Waals surface area (Å²) in [6, 6.07) is 10.3. The lowest BCUT2D eigenvalue weighted by molar-refractivity contribution is 0.267. The van der Waals surface area contributed by atoms with Crippen molar-refractivity contribution in [1.82, 2.24) is 14.5 Å². The third-order valence-corrected chi connectivity index (χ3v) is 4.69. The maximum atomic E-state index is 11.8. The summed E-state index contributed by atoms with van der Waals surface area (Å²) in [6.45, 7) is 0.516. The van der Waals surface area contributed by atoms with Gasteiger partial charge in [0.1, 0.15) is 12.7 Å². The Morgan fingerprint density at radius 3 is 2.67 bits per heavy atom. The Morgan fingerprint density at radius 2 is 2.00 bits per heavy atom. The quantitative estimate of drug-likeness (QED) is 0.511. The molecule has 30 heavy (non-hydrogen) atoms. The van der Waals surface area contributed by atoms with Crippen molar-refractivity contribution in [2.75, 3.05) is 13.7 Å². The van der Waals surface area contributed by atoms with Gasteiger partial charge in [-0.25, -0.2) is 4.98 Å². The van der Waals surface area contributed by atoms with E-state index >= 15 is 0 Å². The van der Waals surface area contributed by atoms with Gasteiger partial charge in [-0.2, -0.15) is 5.26 Å². The van der Waals surface area contributed by atoms with Gasteiger partial charge in [-0.1, -0.05) is 29.3 Å². The Balaban J connectivity index is 1.87. The third-order valence-electron chi connectivity index (χ3n) is 4.09. The van der Waals surface area contributed by atoms with Gasteiger partial charge in [0.15, 0.2) is 5.75 Å². The number of rotatable bonds is 7. The summed E-state index contributed by atoms with van der Waals surface area (Å²) in [4.78, 5) is 20.1. The molecule has 0 atom stereocenters. The first-order chi connectivity index (χ1) is 14.5. The van der Waals surface area contributed by atoms with Crippen LogP contribution >= 0.6 is 23.2 Å². The molecule has 0 spiro atoms. The zero-order valence-electron chi connectivity index (χ0n) is 15.9. The van der Waals surface area contributed by atoms with Crippen LogP contribution in [0, 0.1) is 11.3 Å². The largest absolute Gasteiger partial charge is 0.491 e. The molecule has 3 rings (SSSR count). The minimum absolute atomic E-state index is 0.129. The van der Waals surface area contributed by atoms with Crippen LogP contribution in [-0.4, -0.2) is 28.3 Å². The molecular formula is C21H16Cl2N4O3. The zero-order chi connectivity index (χ0) is 21.5. The van der Waals surface area contributed by atoms with Crippen LogP contribution in [0.4, 0.5) is 0 Å². The van der Waals surface area contributed by atoms with E-state index < -0.39 is 0 Å². The molecule has 3 aromatic heterocycles. The molecular weight excluding hydrogens is 427 g/mol. The molecule has 0 fully saturated rings. The lowest BCUT2D eigenvalue weighted by Gasteiger charge is -2.12. The highest BCUT2D eigenvalue weighted by atomic mass is 35.5. The van der Waals surface area contributed by atoms with Crippen LogP contribution in [0.3, 0.4) is 0 Å². The second kappa shape index (κ2) is 9.92. The molecule has 3 heterocycles. The highest BCUT2D eigenvalue weighted by Crippen LogP contribution is 2.30. The number of pyridine rings is 3. The first kappa shape index (κ1) is 21.4. The summed E-state index contributed by atoms with van der Waals surface area (Å²) in [5, 5.41) is 10.3. The van der Waals surface area contributed by atoms with Gasteiger partial charge in [0.05, 0.1) is 35.0 Å². The first-order valence-corrected chi connectivity index (χ1v) is 9.53. The molecule has 0 aliphatic rings. The fourth-order valence-electron chi connectivity index (χ4n) is 2.59. The van der Waals surface area contributed by atoms with Gasteiger partial charge in [0, 0.05) is 30.2 Å². The molecule has 0 unspecified atom stereocenters. The van der Waals surface area contributed by atoms with E-state index in [0.29, 0.717) is 33.6 Å². The SMILES string of the molecule is COc1ccc(C(C#N)=Cc2c(Cl)cncc2Cl)nc1OCCn1ccccc1=O. The van der Waals surface area contributed by atoms with E-state index in [1.165, 1.54) is 36.2 Å². The van der Waals surface area contributed by atoms with Crippen molar-refractivity contribution in [2.24, 2.45) is 0 Å². The lowest BCUT2D eigenvalue weighted by Crippen LogP contribution is -2.21. The molecule has 152 valence electrons. The van der Waals surface area contributed by atoms with Crippen LogP contribution in [0.1, 0.15) is 11.3 Å². The van der Waals surface area contributed by atoms with E-state index in [4.69, 9.17) is 32.7 Å². The predicted molar refractivity (Wildman–Crippen MR) is 115 cm³/mol. The molecule has 0 saturated carbocycles. The molecule has 0 bridgehead atoms. The Morgan fingerprint density at radius 1 is 1.23 bits per heavy atom. The number of hydrogen-bond acceptors (Lipinski definition) is 6. The predicted octanol–water partition coefficient (Wildman–Crippen LogP) is 4.10. The van der Waals surface area contributed by atoms with Crippen molar-refractivity contribution in [3.63, 3.8) is 0 Å². The fourth-order valence-corrected chi connectivity index (χ4v) is 3.06. The molecule has 0 saturated heterocycles. The average molecular weight is 443 g/mol. The van der Waals surface area contributed by atoms with E-state index in [1.807, 2.05) is 0 Å². The Labute approximate surface area is 182 Å². The van der Waals surface area contributed by atoms with Crippen LogP contribution in [-0.2, 0) is 6.54 Å². The first-order valence-electron chi connectivity index (χ1n) is 8.78. The number of hydrogen-bond donors (Lipinski definition) is 0. The molecule has 0 radical (unpaired) electrons. The van der Waals surface area contributed by atoms with Crippen LogP contribution in [0.15, 0.2) is 53.7 Å². The summed E-state index contributed by atoms with van der Waals surface area (Å²) < 4.78 is 12.5. The third kappa shape index (κ3) is 4.98. The van der Waals surface area contributed by atoms with Crippen molar-refractivity contribution in [3.05, 3.63) is 80.6 Å². The maximum absolute atomic E-state index is 11.8. The minimum atomic E-state index is -0.129. The summed E-state index contributed by atoms with van der Waals surface area (Å²) in [5.74, 6) is 0.600. The van der Waals surface area contributed by atoms with Gasteiger partial charge in [0.25, 0.3) is 11.4 Å². The summed E-state index contributed by atoms with van der Waals surface area (Å²) in [5.41, 5.74) is 0.926. The fraction of sp³-hybridized carbons (Fsp3) is 0.143. The van der Waals surface area contributed by atoms with Crippen molar-refractivity contribution in [1.29, 1.82) is 5.26 Å². The van der Waals surface area contributed by atoms with E-state index in [0.717, 1.165) is 0 Å². The van der Waals surface area contributed by atoms with Crippen molar-refractivity contribution in [3.8, 4) is 17.7 Å². The molecule has 9 heteroatoms. The number of aromatic nitrogens is 3. The van der Waals surface area contributed by atoms with Gasteiger partial charge >= 0.3 is 0 Å². The van der Waals surface area contributed by atoms with E-state index in [9.17, 15) is 10.1 Å². The van der Waals surface area contributed by atoms with E-state index in [1.54, 1.807) is 30.5 Å². The molecule has 0 aliphatic carbocycles. The number of nitriles is 1. The van der Waals surface area contributed by atoms with Crippen LogP contribution in [0.5, 0.6) is 11.6 Å². The van der Waals surface area contributed by atoms with Crippen molar-refractivity contribution >= 4 is 34.9 Å². The minimum Gasteiger partial charge on any atom is -0.491 e. The topological polar surface area (TPSA) is 90.0 Å². The maximum Gasteiger partial charge on any atom is 0.257 e. The highest BCUT2D eigenvalue weighted by molar-refractivity contribution is 6.37.